The molecule has 1 N–H and O–H groups in total. The molecule has 1 aromatic rings. The quantitative estimate of drug-likeness (QED) is 0.645. The lowest BCUT2D eigenvalue weighted by Crippen LogP contribution is -2.22. The van der Waals surface area contributed by atoms with E-state index in [0.29, 0.717) is 17.3 Å². The summed E-state index contributed by atoms with van der Waals surface area (Å²) in [4.78, 5) is 4.08. The molecule has 0 aliphatic carbocycles. The summed E-state index contributed by atoms with van der Waals surface area (Å²) in [5.74, 6) is 0.408. The molecule has 1 unspecified atom stereocenters. The van der Waals surface area contributed by atoms with Gasteiger partial charge in [0.15, 0.2) is 10.6 Å². The molecule has 1 aromatic heterocycles. The molecule has 5 nitrogen and oxygen atoms in total. The maximum atomic E-state index is 9.35. The second-order valence-electron chi connectivity index (χ2n) is 5.26. The van der Waals surface area contributed by atoms with Crippen molar-refractivity contribution in [2.75, 3.05) is 6.61 Å². The Kier molecular flexibility index (Phi) is 5.30. The van der Waals surface area contributed by atoms with Crippen LogP contribution >= 0.6 is 15.9 Å². The summed E-state index contributed by atoms with van der Waals surface area (Å²) in [6, 6.07) is 1.13. The first-order chi connectivity index (χ1) is 7.79. The molecule has 0 fully saturated rings. The summed E-state index contributed by atoms with van der Waals surface area (Å²) in [6.07, 6.45) is -0.658. The number of rotatable bonds is 6. The van der Waals surface area contributed by atoms with Crippen LogP contribution in [-0.2, 0) is 11.5 Å². The Balaban J connectivity index is 2.42. The van der Waals surface area contributed by atoms with Gasteiger partial charge in [0.05, 0.1) is 0 Å². The summed E-state index contributed by atoms with van der Waals surface area (Å²) in [5.41, 5.74) is 0. The largest absolute Gasteiger partial charge is 0.385 e. The van der Waals surface area contributed by atoms with Gasteiger partial charge in [-0.1, -0.05) is 19.6 Å². The van der Waals surface area contributed by atoms with Gasteiger partial charge in [-0.15, -0.1) is 0 Å². The minimum Gasteiger partial charge on any atom is -0.385 e. The average Bonchev–Trinajstić information content (AvgIpc) is 2.54. The third kappa shape index (κ3) is 5.28. The average molecular weight is 322 g/mol. The van der Waals surface area contributed by atoms with Crippen LogP contribution in [0.4, 0.5) is 0 Å². The molecule has 0 aromatic carbocycles. The normalized spacial score (nSPS) is 14.0. The van der Waals surface area contributed by atoms with Crippen LogP contribution in [0, 0.1) is 0 Å². The molecule has 98 valence electrons. The molecule has 0 saturated heterocycles. The van der Waals surface area contributed by atoms with E-state index in [1.54, 1.807) is 11.6 Å². The Bertz CT molecular complexity index is 363. The van der Waals surface area contributed by atoms with Gasteiger partial charge in [0, 0.05) is 14.7 Å². The van der Waals surface area contributed by atoms with Gasteiger partial charge in [-0.25, -0.2) is 9.67 Å². The fraction of sp³-hybridized carbons (Fsp3) is 0.800. The number of aromatic nitrogens is 3. The SMILES string of the molecule is CC(O)c1nc(Br)n(COCC[Si](C)(C)C)n1. The molecule has 1 atom stereocenters. The fourth-order valence-corrected chi connectivity index (χ4v) is 2.25. The highest BCUT2D eigenvalue weighted by Crippen LogP contribution is 2.13. The Morgan fingerprint density at radius 1 is 1.47 bits per heavy atom. The number of aliphatic hydroxyl groups is 1. The van der Waals surface area contributed by atoms with Crippen molar-refractivity contribution in [3.8, 4) is 0 Å². The van der Waals surface area contributed by atoms with Gasteiger partial charge in [0.25, 0.3) is 0 Å². The third-order valence-electron chi connectivity index (χ3n) is 2.23. The zero-order chi connectivity index (χ0) is 13.1. The van der Waals surface area contributed by atoms with Crippen LogP contribution in [-0.4, -0.2) is 34.6 Å². The second kappa shape index (κ2) is 6.08. The predicted octanol–water partition coefficient (Wildman–Crippen LogP) is 2.41. The van der Waals surface area contributed by atoms with Crippen LogP contribution in [0.3, 0.4) is 0 Å². The highest BCUT2D eigenvalue weighted by Gasteiger charge is 2.14. The molecule has 17 heavy (non-hydrogen) atoms. The van der Waals surface area contributed by atoms with Crippen molar-refractivity contribution in [1.29, 1.82) is 0 Å². The van der Waals surface area contributed by atoms with Crippen molar-refractivity contribution < 1.29 is 9.84 Å². The van der Waals surface area contributed by atoms with E-state index in [4.69, 9.17) is 4.74 Å². The van der Waals surface area contributed by atoms with Crippen molar-refractivity contribution in [2.45, 2.75) is 45.4 Å². The van der Waals surface area contributed by atoms with Crippen molar-refractivity contribution in [3.63, 3.8) is 0 Å². The minimum atomic E-state index is -1.04. The lowest BCUT2D eigenvalue weighted by molar-refractivity contribution is 0.0755. The second-order valence-corrected chi connectivity index (χ2v) is 11.6. The summed E-state index contributed by atoms with van der Waals surface area (Å²) in [6.45, 7) is 9.68. The fourth-order valence-electron chi connectivity index (χ4n) is 1.13. The van der Waals surface area contributed by atoms with Gasteiger partial charge < -0.3 is 9.84 Å². The van der Waals surface area contributed by atoms with Crippen LogP contribution in [0.5, 0.6) is 0 Å². The van der Waals surface area contributed by atoms with E-state index in [-0.39, 0.29) is 0 Å². The third-order valence-corrected chi connectivity index (χ3v) is 4.52. The lowest BCUT2D eigenvalue weighted by Gasteiger charge is -2.15. The minimum absolute atomic E-state index is 0.366. The van der Waals surface area contributed by atoms with Crippen LogP contribution in [0.15, 0.2) is 4.73 Å². The zero-order valence-corrected chi connectivity index (χ0v) is 13.4. The molecule has 0 spiro atoms. The number of aliphatic hydroxyl groups excluding tert-OH is 1. The van der Waals surface area contributed by atoms with Gasteiger partial charge in [-0.05, 0) is 28.9 Å². The van der Waals surface area contributed by atoms with E-state index in [1.807, 2.05) is 0 Å². The van der Waals surface area contributed by atoms with E-state index in [0.717, 1.165) is 12.7 Å². The summed E-state index contributed by atoms with van der Waals surface area (Å²) in [5, 5.41) is 13.5. The summed E-state index contributed by atoms with van der Waals surface area (Å²) in [7, 11) is -1.04. The summed E-state index contributed by atoms with van der Waals surface area (Å²) < 4.78 is 7.74. The Hall–Kier alpha value is -0.243. The van der Waals surface area contributed by atoms with Gasteiger partial charge in [-0.3, -0.25) is 0 Å². The van der Waals surface area contributed by atoms with Gasteiger partial charge in [-0.2, -0.15) is 5.10 Å². The van der Waals surface area contributed by atoms with E-state index < -0.39 is 14.2 Å². The molecule has 0 saturated carbocycles. The molecule has 0 aliphatic rings. The predicted molar refractivity (Wildman–Crippen MR) is 72.5 cm³/mol. The van der Waals surface area contributed by atoms with Crippen LogP contribution in [0.2, 0.25) is 25.7 Å². The van der Waals surface area contributed by atoms with Gasteiger partial charge in [0.1, 0.15) is 12.8 Å². The van der Waals surface area contributed by atoms with Crippen LogP contribution in [0.25, 0.3) is 0 Å². The van der Waals surface area contributed by atoms with Gasteiger partial charge >= 0.3 is 0 Å². The first kappa shape index (κ1) is 14.8. The van der Waals surface area contributed by atoms with Crippen molar-refractivity contribution in [2.24, 2.45) is 0 Å². The summed E-state index contributed by atoms with van der Waals surface area (Å²) >= 11 is 3.28. The number of hydrogen-bond acceptors (Lipinski definition) is 4. The Morgan fingerprint density at radius 2 is 2.12 bits per heavy atom. The standard InChI is InChI=1S/C10H20BrN3O2Si/c1-8(15)9-12-10(11)14(13-9)7-16-5-6-17(2,3)4/h8,15H,5-7H2,1-4H3. The Labute approximate surface area is 111 Å². The van der Waals surface area contributed by atoms with E-state index in [2.05, 4.69) is 45.7 Å². The number of hydrogen-bond donors (Lipinski definition) is 1. The zero-order valence-electron chi connectivity index (χ0n) is 10.8. The number of halogens is 1. The highest BCUT2D eigenvalue weighted by atomic mass is 79.9. The molecule has 7 heteroatoms. The highest BCUT2D eigenvalue weighted by molar-refractivity contribution is 9.10. The molecule has 1 rings (SSSR count). The molecule has 0 amide bonds. The molecular weight excluding hydrogens is 302 g/mol. The maximum Gasteiger partial charge on any atom is 0.197 e. The number of nitrogens with zero attached hydrogens (tertiary/aromatic N) is 3. The van der Waals surface area contributed by atoms with Crippen molar-refractivity contribution in [1.82, 2.24) is 14.8 Å². The maximum absolute atomic E-state index is 9.35. The first-order valence-corrected chi connectivity index (χ1v) is 10.2. The topological polar surface area (TPSA) is 60.2 Å². The van der Waals surface area contributed by atoms with Crippen molar-refractivity contribution >= 4 is 24.0 Å². The Morgan fingerprint density at radius 3 is 2.59 bits per heavy atom. The first-order valence-electron chi connectivity index (χ1n) is 5.65. The van der Waals surface area contributed by atoms with Crippen molar-refractivity contribution in [3.05, 3.63) is 10.6 Å². The smallest absolute Gasteiger partial charge is 0.197 e. The van der Waals surface area contributed by atoms with Crippen LogP contribution in [0.1, 0.15) is 18.9 Å². The number of ether oxygens (including phenoxy) is 1. The van der Waals surface area contributed by atoms with E-state index in [1.165, 1.54) is 0 Å². The lowest BCUT2D eigenvalue weighted by atomic mass is 10.4. The molecule has 0 bridgehead atoms. The monoisotopic (exact) mass is 321 g/mol. The molecular formula is C10H20BrN3O2Si. The van der Waals surface area contributed by atoms with Gasteiger partial charge in [0.2, 0.25) is 0 Å². The molecule has 0 radical (unpaired) electrons. The van der Waals surface area contributed by atoms with E-state index in [9.17, 15) is 5.11 Å². The molecule has 1 heterocycles. The van der Waals surface area contributed by atoms with E-state index >= 15 is 0 Å². The molecule has 0 aliphatic heterocycles. The van der Waals surface area contributed by atoms with Crippen LogP contribution < -0.4 is 0 Å².